The van der Waals surface area contributed by atoms with E-state index in [1.807, 2.05) is 20.8 Å². The van der Waals surface area contributed by atoms with E-state index in [0.29, 0.717) is 0 Å². The topological polar surface area (TPSA) is 97.7 Å². The Balaban J connectivity index is -0.0000000270. The van der Waals surface area contributed by atoms with Crippen LogP contribution in [0.1, 0.15) is 40.0 Å². The molecule has 0 bridgehead atoms. The van der Waals surface area contributed by atoms with Crippen LogP contribution < -0.4 is 15.3 Å². The van der Waals surface area contributed by atoms with Crippen LogP contribution in [0.4, 0.5) is 0 Å². The van der Waals surface area contributed by atoms with Gasteiger partial charge in [0.25, 0.3) is 0 Å². The van der Waals surface area contributed by atoms with Crippen molar-refractivity contribution in [3.8, 4) is 0 Å². The number of rotatable bonds is 3. The molecule has 0 spiro atoms. The van der Waals surface area contributed by atoms with E-state index >= 15 is 0 Å². The Bertz CT molecular complexity index is 32.3. The van der Waals surface area contributed by atoms with Gasteiger partial charge in [0.2, 0.25) is 0 Å². The molecule has 0 aromatic heterocycles. The third-order valence-corrected chi connectivity index (χ3v) is 0.612. The molecule has 0 rings (SSSR count). The molecule has 0 unspecified atom stereocenters. The summed E-state index contributed by atoms with van der Waals surface area (Å²) in [4.78, 5) is 0. The van der Waals surface area contributed by atoms with Gasteiger partial charge >= 0.3 is 0 Å². The third-order valence-electron chi connectivity index (χ3n) is 0.612. The molecule has 0 atom stereocenters. The van der Waals surface area contributed by atoms with Gasteiger partial charge < -0.3 is 20.8 Å². The van der Waals surface area contributed by atoms with Crippen molar-refractivity contribution in [2.24, 2.45) is 0 Å². The second-order valence-electron chi connectivity index (χ2n) is 2.11. The fourth-order valence-corrected chi connectivity index (χ4v) is 0. The van der Waals surface area contributed by atoms with Crippen LogP contribution in [-0.2, 0) is 24.0 Å². The largest absolute Gasteiger partial charge is 2.00 e. The van der Waals surface area contributed by atoms with E-state index in [-0.39, 0.29) is 43.9 Å². The third kappa shape index (κ3) is 138. The minimum absolute atomic E-state index is 0. The summed E-state index contributed by atoms with van der Waals surface area (Å²) in [6.45, 7) is 5.81. The second kappa shape index (κ2) is 50.2. The predicted molar refractivity (Wildman–Crippen MR) is 46.2 cm³/mol. The first-order valence-electron chi connectivity index (χ1n) is 4.49. The van der Waals surface area contributed by atoms with Gasteiger partial charge in [0, 0.05) is 18.6 Å². The fourth-order valence-electron chi connectivity index (χ4n) is 0. The Labute approximate surface area is 99.5 Å². The monoisotopic (exact) mass is 244 g/mol. The molecule has 0 aromatic carbocycles. The predicted octanol–water partition coefficient (Wildman–Crippen LogP) is -0.851. The van der Waals surface area contributed by atoms with Crippen molar-refractivity contribution in [2.45, 2.75) is 40.0 Å². The standard InChI is InChI=1S/3C3H7O.O.V/c3*1-2-3-4;;/h3*2-3H2,1H3;;/q3*-1;-2;. The van der Waals surface area contributed by atoms with E-state index < -0.39 is 0 Å². The molecule has 5 heteroatoms. The molecule has 0 aliphatic heterocycles. The molecule has 4 nitrogen and oxygen atoms in total. The quantitative estimate of drug-likeness (QED) is 0.646. The van der Waals surface area contributed by atoms with Crippen molar-refractivity contribution < 1.29 is 39.4 Å². The van der Waals surface area contributed by atoms with E-state index in [1.165, 1.54) is 0 Å². The van der Waals surface area contributed by atoms with Gasteiger partial charge in [-0.2, -0.15) is 0 Å². The minimum atomic E-state index is 0. The molecule has 1 radical (unpaired) electrons. The van der Waals surface area contributed by atoms with Crippen LogP contribution in [0.3, 0.4) is 0 Å². The zero-order valence-corrected chi connectivity index (χ0v) is 10.7. The smallest absolute Gasteiger partial charge is 0 e. The average Bonchev–Trinajstić information content (AvgIpc) is 2.18. The number of hydrogen-bond acceptors (Lipinski definition) is 3. The van der Waals surface area contributed by atoms with Crippen LogP contribution in [0.2, 0.25) is 0 Å². The molecular formula is C9H21O4V-5. The summed E-state index contributed by atoms with van der Waals surface area (Å²) < 4.78 is 0. The van der Waals surface area contributed by atoms with Crippen molar-refractivity contribution in [3.63, 3.8) is 0 Å². The Morgan fingerprint density at radius 2 is 0.714 bits per heavy atom. The van der Waals surface area contributed by atoms with E-state index in [0.717, 1.165) is 19.3 Å². The maximum atomic E-state index is 9.30. The fraction of sp³-hybridized carbons (Fsp3) is 1.00. The van der Waals surface area contributed by atoms with Crippen molar-refractivity contribution in [2.75, 3.05) is 19.8 Å². The molecule has 14 heavy (non-hydrogen) atoms. The van der Waals surface area contributed by atoms with Gasteiger partial charge in [-0.25, -0.2) is 0 Å². The van der Waals surface area contributed by atoms with Crippen molar-refractivity contribution >= 4 is 0 Å². The van der Waals surface area contributed by atoms with E-state index in [1.54, 1.807) is 0 Å². The molecule has 0 aliphatic carbocycles. The molecule has 0 aromatic rings. The van der Waals surface area contributed by atoms with Crippen molar-refractivity contribution in [3.05, 3.63) is 0 Å². The molecule has 0 fully saturated rings. The van der Waals surface area contributed by atoms with Crippen LogP contribution in [-0.4, -0.2) is 19.8 Å². The molecule has 0 amide bonds. The normalized spacial score (nSPS) is 6.43. The number of hydrogen-bond donors (Lipinski definition) is 0. The summed E-state index contributed by atoms with van der Waals surface area (Å²) >= 11 is 0. The first kappa shape index (κ1) is 29.3. The Hall–Kier alpha value is 0.424. The molecule has 0 saturated heterocycles. The zero-order valence-electron chi connectivity index (χ0n) is 9.32. The van der Waals surface area contributed by atoms with E-state index in [9.17, 15) is 15.3 Å². The van der Waals surface area contributed by atoms with Crippen molar-refractivity contribution in [1.82, 2.24) is 0 Å². The van der Waals surface area contributed by atoms with Gasteiger partial charge in [0.05, 0.1) is 0 Å². The molecule has 91 valence electrons. The van der Waals surface area contributed by atoms with Gasteiger partial charge in [0.15, 0.2) is 0 Å². The van der Waals surface area contributed by atoms with Crippen LogP contribution in [0.5, 0.6) is 0 Å². The Morgan fingerprint density at radius 1 is 0.643 bits per heavy atom. The first-order chi connectivity index (χ1) is 5.74. The van der Waals surface area contributed by atoms with Gasteiger partial charge in [0.1, 0.15) is 0 Å². The minimum Gasteiger partial charge on any atom is -2.00 e. The maximum Gasteiger partial charge on any atom is 0 e. The molecule has 0 saturated carbocycles. The Morgan fingerprint density at radius 3 is 0.714 bits per heavy atom. The van der Waals surface area contributed by atoms with Crippen molar-refractivity contribution in [1.29, 1.82) is 0 Å². The van der Waals surface area contributed by atoms with Gasteiger partial charge in [-0.3, -0.25) is 0 Å². The van der Waals surface area contributed by atoms with Crippen LogP contribution in [0, 0.1) is 0 Å². The van der Waals surface area contributed by atoms with Gasteiger partial charge in [-0.15, -0.1) is 19.8 Å². The summed E-state index contributed by atoms with van der Waals surface area (Å²) in [7, 11) is 0. The van der Waals surface area contributed by atoms with Crippen LogP contribution >= 0.6 is 0 Å². The molecule has 0 aliphatic rings. The summed E-state index contributed by atoms with van der Waals surface area (Å²) in [5.41, 5.74) is 0. The molecular weight excluding hydrogens is 223 g/mol. The summed E-state index contributed by atoms with van der Waals surface area (Å²) in [5.74, 6) is 0. The maximum absolute atomic E-state index is 9.30. The summed E-state index contributed by atoms with van der Waals surface area (Å²) in [5, 5.41) is 27.9. The molecule has 0 heterocycles. The zero-order chi connectivity index (χ0) is 10.2. The molecule has 0 N–H and O–H groups in total. The van der Waals surface area contributed by atoms with Gasteiger partial charge in [-0.05, 0) is 0 Å². The SMILES string of the molecule is CCC[O-].CCC[O-].CCC[O-].[O-2].[V]. The first-order valence-corrected chi connectivity index (χ1v) is 4.49. The average molecular weight is 244 g/mol. The van der Waals surface area contributed by atoms with E-state index in [2.05, 4.69) is 0 Å². The van der Waals surface area contributed by atoms with E-state index in [4.69, 9.17) is 0 Å². The summed E-state index contributed by atoms with van der Waals surface area (Å²) in [6.07, 6.45) is 2.29. The van der Waals surface area contributed by atoms with Gasteiger partial charge in [-0.1, -0.05) is 40.0 Å². The Kier molecular flexibility index (Phi) is 105. The van der Waals surface area contributed by atoms with Crippen LogP contribution in [0.15, 0.2) is 0 Å². The second-order valence-corrected chi connectivity index (χ2v) is 2.11. The van der Waals surface area contributed by atoms with Crippen LogP contribution in [0.25, 0.3) is 0 Å². The summed E-state index contributed by atoms with van der Waals surface area (Å²) in [6, 6.07) is 0.